The first-order valence-corrected chi connectivity index (χ1v) is 10.2. The van der Waals surface area contributed by atoms with Crippen LogP contribution < -0.4 is 5.32 Å². The van der Waals surface area contributed by atoms with Crippen LogP contribution in [0.5, 0.6) is 0 Å². The summed E-state index contributed by atoms with van der Waals surface area (Å²) in [4.78, 5) is 27.5. The van der Waals surface area contributed by atoms with Gasteiger partial charge in [-0.25, -0.2) is 4.79 Å². The SMILES string of the molecule is CCOC(=O)C1C2CC(CN(Cc3ccccc3)C2)C1NC(=O)OC(C)(C)C. The number of esters is 1. The molecule has 0 aromatic heterocycles. The number of benzene rings is 1. The maximum absolute atomic E-state index is 12.7. The second kappa shape index (κ2) is 8.52. The lowest BCUT2D eigenvalue weighted by Crippen LogP contribution is -2.47. The van der Waals surface area contributed by atoms with Crippen LogP contribution in [0, 0.1) is 17.8 Å². The summed E-state index contributed by atoms with van der Waals surface area (Å²) in [5.74, 6) is -0.137. The van der Waals surface area contributed by atoms with Crippen LogP contribution in [0.3, 0.4) is 0 Å². The molecule has 1 N–H and O–H groups in total. The lowest BCUT2D eigenvalue weighted by Gasteiger charge is -2.32. The number of hydrogen-bond acceptors (Lipinski definition) is 5. The average Bonchev–Trinajstić information content (AvgIpc) is 2.84. The van der Waals surface area contributed by atoms with E-state index < -0.39 is 11.7 Å². The predicted octanol–water partition coefficient (Wildman–Crippen LogP) is 3.21. The Morgan fingerprint density at radius 1 is 1.14 bits per heavy atom. The number of ether oxygens (including phenoxy) is 2. The molecule has 6 heteroatoms. The summed E-state index contributed by atoms with van der Waals surface area (Å²) in [6.45, 7) is 10.2. The van der Waals surface area contributed by atoms with Crippen LogP contribution in [0.15, 0.2) is 30.3 Å². The van der Waals surface area contributed by atoms with Gasteiger partial charge in [-0.1, -0.05) is 30.3 Å². The molecule has 3 rings (SSSR count). The minimum Gasteiger partial charge on any atom is -0.466 e. The minimum absolute atomic E-state index is 0.182. The van der Waals surface area contributed by atoms with Gasteiger partial charge in [0.25, 0.3) is 0 Å². The van der Waals surface area contributed by atoms with Crippen LogP contribution in [-0.2, 0) is 20.8 Å². The molecule has 1 aromatic rings. The molecule has 2 aliphatic rings. The van der Waals surface area contributed by atoms with Crippen LogP contribution >= 0.6 is 0 Å². The van der Waals surface area contributed by atoms with E-state index in [2.05, 4.69) is 22.3 Å². The summed E-state index contributed by atoms with van der Waals surface area (Å²) in [6, 6.07) is 10.1. The number of alkyl carbamates (subject to hydrolysis) is 1. The molecule has 4 atom stereocenters. The maximum atomic E-state index is 12.7. The molecule has 4 unspecified atom stereocenters. The summed E-state index contributed by atoms with van der Waals surface area (Å²) in [5.41, 5.74) is 0.685. The van der Waals surface area contributed by atoms with Crippen LogP contribution in [0.1, 0.15) is 39.7 Å². The average molecular weight is 389 g/mol. The number of amides is 1. The zero-order chi connectivity index (χ0) is 20.3. The van der Waals surface area contributed by atoms with E-state index in [0.717, 1.165) is 26.1 Å². The molecule has 2 fully saturated rings. The summed E-state index contributed by atoms with van der Waals surface area (Å²) < 4.78 is 10.8. The van der Waals surface area contributed by atoms with Crippen molar-refractivity contribution in [1.29, 1.82) is 0 Å². The number of likely N-dealkylation sites (tertiary alicyclic amines) is 1. The van der Waals surface area contributed by atoms with Crippen molar-refractivity contribution in [1.82, 2.24) is 10.2 Å². The number of hydrogen-bond donors (Lipinski definition) is 1. The standard InChI is InChI=1S/C22H32N2O4/c1-5-27-20(25)18-16-11-17(19(18)23-21(26)28-22(2,3)4)14-24(13-16)12-15-9-7-6-8-10-15/h6-10,16-19H,5,11-14H2,1-4H3,(H,23,26). The summed E-state index contributed by atoms with van der Waals surface area (Å²) >= 11 is 0. The molecule has 0 radical (unpaired) electrons. The Balaban J connectivity index is 1.73. The van der Waals surface area contributed by atoms with Crippen LogP contribution in [0.2, 0.25) is 0 Å². The first-order chi connectivity index (χ1) is 13.3. The number of fused-ring (bicyclic) bond motifs is 2. The van der Waals surface area contributed by atoms with E-state index >= 15 is 0 Å². The van der Waals surface area contributed by atoms with E-state index in [1.807, 2.05) is 45.9 Å². The molecule has 6 nitrogen and oxygen atoms in total. The molecule has 2 bridgehead atoms. The third kappa shape index (κ3) is 5.04. The van der Waals surface area contributed by atoms with Crippen molar-refractivity contribution < 1.29 is 19.1 Å². The summed E-state index contributed by atoms with van der Waals surface area (Å²) in [5, 5.41) is 2.99. The van der Waals surface area contributed by atoms with E-state index in [1.54, 1.807) is 0 Å². The third-order valence-electron chi connectivity index (χ3n) is 5.48. The molecular formula is C22H32N2O4. The van der Waals surface area contributed by atoms with Crippen molar-refractivity contribution in [3.8, 4) is 0 Å². The van der Waals surface area contributed by atoms with Gasteiger partial charge in [0.05, 0.1) is 12.5 Å². The van der Waals surface area contributed by atoms with Gasteiger partial charge in [-0.3, -0.25) is 9.69 Å². The summed E-state index contributed by atoms with van der Waals surface area (Å²) in [7, 11) is 0. The van der Waals surface area contributed by atoms with Crippen molar-refractivity contribution >= 4 is 12.1 Å². The topological polar surface area (TPSA) is 67.9 Å². The van der Waals surface area contributed by atoms with Gasteiger partial charge in [-0.15, -0.1) is 0 Å². The molecule has 28 heavy (non-hydrogen) atoms. The van der Waals surface area contributed by atoms with E-state index in [1.165, 1.54) is 5.56 Å². The zero-order valence-corrected chi connectivity index (χ0v) is 17.3. The van der Waals surface area contributed by atoms with Crippen LogP contribution in [0.25, 0.3) is 0 Å². The molecule has 1 heterocycles. The number of carbonyl (C=O) groups is 2. The zero-order valence-electron chi connectivity index (χ0n) is 17.3. The van der Waals surface area contributed by atoms with Gasteiger partial charge in [0.2, 0.25) is 0 Å². The highest BCUT2D eigenvalue weighted by Gasteiger charge is 2.52. The predicted molar refractivity (Wildman–Crippen MR) is 107 cm³/mol. The Morgan fingerprint density at radius 3 is 2.46 bits per heavy atom. The van der Waals surface area contributed by atoms with Gasteiger partial charge in [0.1, 0.15) is 5.60 Å². The van der Waals surface area contributed by atoms with E-state index in [4.69, 9.17) is 9.47 Å². The van der Waals surface area contributed by atoms with E-state index in [-0.39, 0.29) is 29.8 Å². The van der Waals surface area contributed by atoms with Gasteiger partial charge in [0.15, 0.2) is 0 Å². The monoisotopic (exact) mass is 388 g/mol. The third-order valence-corrected chi connectivity index (χ3v) is 5.48. The fraction of sp³-hybridized carbons (Fsp3) is 0.636. The van der Waals surface area contributed by atoms with Crippen LogP contribution in [0.4, 0.5) is 4.79 Å². The van der Waals surface area contributed by atoms with Gasteiger partial charge in [-0.05, 0) is 51.5 Å². The fourth-order valence-corrected chi connectivity index (χ4v) is 4.58. The molecule has 1 saturated heterocycles. The van der Waals surface area contributed by atoms with E-state index in [0.29, 0.717) is 6.61 Å². The Hall–Kier alpha value is -2.08. The minimum atomic E-state index is -0.573. The normalized spacial score (nSPS) is 27.3. The molecule has 1 amide bonds. The lowest BCUT2D eigenvalue weighted by atomic mass is 9.93. The smallest absolute Gasteiger partial charge is 0.407 e. The molecule has 154 valence electrons. The number of nitrogens with one attached hydrogen (secondary N) is 1. The second-order valence-electron chi connectivity index (χ2n) is 8.89. The van der Waals surface area contributed by atoms with Crippen molar-refractivity contribution in [3.05, 3.63) is 35.9 Å². The Bertz CT molecular complexity index is 686. The number of rotatable bonds is 5. The molecule has 1 saturated carbocycles. The number of carbonyl (C=O) groups excluding carboxylic acids is 2. The van der Waals surface area contributed by atoms with Crippen molar-refractivity contribution in [2.45, 2.75) is 52.3 Å². The largest absolute Gasteiger partial charge is 0.466 e. The molecule has 1 aromatic carbocycles. The fourth-order valence-electron chi connectivity index (χ4n) is 4.58. The Morgan fingerprint density at radius 2 is 1.82 bits per heavy atom. The summed E-state index contributed by atoms with van der Waals surface area (Å²) in [6.07, 6.45) is 0.462. The molecule has 1 aliphatic heterocycles. The first-order valence-electron chi connectivity index (χ1n) is 10.2. The molecule has 0 spiro atoms. The number of nitrogens with zero attached hydrogens (tertiary/aromatic N) is 1. The van der Waals surface area contributed by atoms with Gasteiger partial charge in [-0.2, -0.15) is 0 Å². The van der Waals surface area contributed by atoms with Gasteiger partial charge in [0, 0.05) is 25.7 Å². The molecule has 1 aliphatic carbocycles. The van der Waals surface area contributed by atoms with Crippen molar-refractivity contribution in [2.24, 2.45) is 17.8 Å². The highest BCUT2D eigenvalue weighted by molar-refractivity contribution is 5.76. The quantitative estimate of drug-likeness (QED) is 0.785. The van der Waals surface area contributed by atoms with Gasteiger partial charge < -0.3 is 14.8 Å². The number of piperidine rings is 1. The lowest BCUT2D eigenvalue weighted by molar-refractivity contribution is -0.150. The Kier molecular flexibility index (Phi) is 6.28. The van der Waals surface area contributed by atoms with Crippen molar-refractivity contribution in [3.63, 3.8) is 0 Å². The highest BCUT2D eigenvalue weighted by Crippen LogP contribution is 2.42. The first kappa shape index (κ1) is 20.6. The van der Waals surface area contributed by atoms with Crippen LogP contribution in [-0.4, -0.2) is 48.3 Å². The van der Waals surface area contributed by atoms with E-state index in [9.17, 15) is 9.59 Å². The van der Waals surface area contributed by atoms with Gasteiger partial charge >= 0.3 is 12.1 Å². The Labute approximate surface area is 167 Å². The van der Waals surface area contributed by atoms with Crippen molar-refractivity contribution in [2.75, 3.05) is 19.7 Å². The maximum Gasteiger partial charge on any atom is 0.407 e. The molecular weight excluding hydrogens is 356 g/mol. The highest BCUT2D eigenvalue weighted by atomic mass is 16.6. The second-order valence-corrected chi connectivity index (χ2v) is 8.89.